The first-order chi connectivity index (χ1) is 11.3. The third-order valence-electron chi connectivity index (χ3n) is 4.07. The normalized spacial score (nSPS) is 16.5. The van der Waals surface area contributed by atoms with Crippen molar-refractivity contribution in [2.45, 2.75) is 19.8 Å². The number of hydrogen-bond donors (Lipinski definition) is 3. The molecule has 0 saturated heterocycles. The fourth-order valence-corrected chi connectivity index (χ4v) is 4.27. The number of rotatable bonds is 3. The first-order valence-corrected chi connectivity index (χ1v) is 8.46. The van der Waals surface area contributed by atoms with Crippen molar-refractivity contribution in [2.75, 3.05) is 11.1 Å². The summed E-state index contributed by atoms with van der Waals surface area (Å²) in [6.07, 6.45) is 0. The third kappa shape index (κ3) is 2.57. The Morgan fingerprint density at radius 3 is 2.42 bits per heavy atom. The van der Waals surface area contributed by atoms with E-state index in [1.54, 1.807) is 12.1 Å². The number of nitrogens with one attached hydrogen (secondary N) is 1. The molecule has 3 rings (SSSR count). The number of ketones is 1. The van der Waals surface area contributed by atoms with Crippen LogP contribution in [-0.4, -0.2) is 11.7 Å². The van der Waals surface area contributed by atoms with E-state index in [0.29, 0.717) is 26.7 Å². The molecule has 2 aromatic rings. The van der Waals surface area contributed by atoms with Crippen LogP contribution in [0.5, 0.6) is 0 Å². The summed E-state index contributed by atoms with van der Waals surface area (Å²) >= 11 is 7.19. The zero-order chi connectivity index (χ0) is 17.6. The molecule has 24 heavy (non-hydrogen) atoms. The predicted molar refractivity (Wildman–Crippen MR) is 97.5 cm³/mol. The topological polar surface area (TPSA) is 98.2 Å². The quantitative estimate of drug-likeness (QED) is 0.779. The molecule has 7 heteroatoms. The van der Waals surface area contributed by atoms with Gasteiger partial charge >= 0.3 is 0 Å². The number of primary amides is 1. The van der Waals surface area contributed by atoms with E-state index in [0.717, 1.165) is 16.3 Å². The van der Waals surface area contributed by atoms with Gasteiger partial charge in [-0.1, -0.05) is 23.7 Å². The van der Waals surface area contributed by atoms with Crippen molar-refractivity contribution in [3.8, 4) is 0 Å². The van der Waals surface area contributed by atoms with Crippen molar-refractivity contribution in [1.82, 2.24) is 0 Å². The van der Waals surface area contributed by atoms with Crippen molar-refractivity contribution in [1.29, 1.82) is 0 Å². The molecule has 0 bridgehead atoms. The number of anilines is 2. The van der Waals surface area contributed by atoms with E-state index >= 15 is 0 Å². The maximum Gasteiger partial charge on any atom is 0.260 e. The second-order valence-corrected chi connectivity index (χ2v) is 7.11. The first-order valence-electron chi connectivity index (χ1n) is 7.27. The highest BCUT2D eigenvalue weighted by Gasteiger charge is 2.35. The summed E-state index contributed by atoms with van der Waals surface area (Å²) in [5, 5.41) is 4.53. The molecule has 5 nitrogen and oxygen atoms in total. The van der Waals surface area contributed by atoms with Crippen LogP contribution in [0.15, 0.2) is 35.5 Å². The summed E-state index contributed by atoms with van der Waals surface area (Å²) in [6.45, 7) is 3.36. The maximum absolute atomic E-state index is 12.3. The maximum atomic E-state index is 12.3. The van der Waals surface area contributed by atoms with Crippen LogP contribution >= 0.6 is 22.9 Å². The summed E-state index contributed by atoms with van der Waals surface area (Å²) in [4.78, 5) is 24.2. The predicted octanol–water partition coefficient (Wildman–Crippen LogP) is 3.50. The van der Waals surface area contributed by atoms with Crippen LogP contribution in [0.3, 0.4) is 0 Å². The van der Waals surface area contributed by atoms with Gasteiger partial charge in [0.2, 0.25) is 0 Å². The van der Waals surface area contributed by atoms with Crippen molar-refractivity contribution >= 4 is 45.3 Å². The van der Waals surface area contributed by atoms with Gasteiger partial charge in [-0.25, -0.2) is 0 Å². The lowest BCUT2D eigenvalue weighted by Crippen LogP contribution is -2.21. The highest BCUT2D eigenvalue weighted by molar-refractivity contribution is 7.19. The molecule has 124 valence electrons. The third-order valence-corrected chi connectivity index (χ3v) is 5.48. The number of Topliss-reactive ketones (excluding diaryl/α,β-unsaturated/α-hetero) is 1. The Morgan fingerprint density at radius 2 is 1.88 bits per heavy atom. The number of allylic oxidation sites excluding steroid dienone is 2. The summed E-state index contributed by atoms with van der Waals surface area (Å²) in [6, 6.07) is 7.26. The molecule has 0 radical (unpaired) electrons. The summed E-state index contributed by atoms with van der Waals surface area (Å²) < 4.78 is 0. The van der Waals surface area contributed by atoms with Crippen LogP contribution in [0.4, 0.5) is 10.7 Å². The molecule has 1 aromatic carbocycles. The Kier molecular flexibility index (Phi) is 4.11. The number of halogens is 1. The van der Waals surface area contributed by atoms with E-state index in [9.17, 15) is 9.59 Å². The van der Waals surface area contributed by atoms with Crippen molar-refractivity contribution < 1.29 is 9.59 Å². The monoisotopic (exact) mass is 361 g/mol. The number of hydrogen-bond acceptors (Lipinski definition) is 5. The average Bonchev–Trinajstić information content (AvgIpc) is 2.83. The highest BCUT2D eigenvalue weighted by atomic mass is 35.5. The standard InChI is InChI=1S/C17H16ClN3O2S/c1-7-11(8(2)22)12(9-3-5-10(18)6-4-9)13-14(19)15(16(20)23)24-17(13)21-7/h3-6,12,21H,19H2,1-2H3,(H2,20,23). The lowest BCUT2D eigenvalue weighted by atomic mass is 9.80. The number of fused-ring (bicyclic) bond motifs is 1. The Balaban J connectivity index is 2.28. The number of carbonyl (C=O) groups excluding carboxylic acids is 2. The summed E-state index contributed by atoms with van der Waals surface area (Å²) in [7, 11) is 0. The fraction of sp³-hybridized carbons (Fsp3) is 0.176. The summed E-state index contributed by atoms with van der Waals surface area (Å²) in [5.74, 6) is -0.997. The van der Waals surface area contributed by atoms with E-state index in [1.807, 2.05) is 19.1 Å². The van der Waals surface area contributed by atoms with Crippen LogP contribution in [0, 0.1) is 0 Å². The van der Waals surface area contributed by atoms with Crippen LogP contribution in [0.1, 0.15) is 40.6 Å². The molecule has 1 aromatic heterocycles. The number of nitrogens with two attached hydrogens (primary N) is 2. The van der Waals surface area contributed by atoms with Crippen LogP contribution in [0.2, 0.25) is 5.02 Å². The minimum atomic E-state index is -0.578. The van der Waals surface area contributed by atoms with E-state index in [4.69, 9.17) is 23.1 Å². The van der Waals surface area contributed by atoms with Crippen molar-refractivity contribution in [3.05, 3.63) is 56.6 Å². The van der Waals surface area contributed by atoms with Gasteiger partial charge in [-0.3, -0.25) is 9.59 Å². The van der Waals surface area contributed by atoms with Crippen LogP contribution in [0.25, 0.3) is 0 Å². The van der Waals surface area contributed by atoms with Gasteiger partial charge in [0.25, 0.3) is 5.91 Å². The molecule has 2 heterocycles. The second kappa shape index (κ2) is 5.96. The Labute approximate surface area is 148 Å². The minimum Gasteiger partial charge on any atom is -0.397 e. The SMILES string of the molecule is CC(=O)C1=C(C)Nc2sc(C(N)=O)c(N)c2C1c1ccc(Cl)cc1. The number of benzene rings is 1. The lowest BCUT2D eigenvalue weighted by Gasteiger charge is -2.28. The molecule has 1 amide bonds. The molecular formula is C17H16ClN3O2S. The largest absolute Gasteiger partial charge is 0.397 e. The van der Waals surface area contributed by atoms with E-state index in [-0.39, 0.29) is 11.7 Å². The molecule has 1 aliphatic heterocycles. The molecule has 1 unspecified atom stereocenters. The van der Waals surface area contributed by atoms with Gasteiger partial charge in [0, 0.05) is 27.8 Å². The smallest absolute Gasteiger partial charge is 0.260 e. The minimum absolute atomic E-state index is 0.0585. The van der Waals surface area contributed by atoms with Gasteiger partial charge in [0.15, 0.2) is 5.78 Å². The van der Waals surface area contributed by atoms with E-state index in [2.05, 4.69) is 5.32 Å². The molecule has 0 aliphatic carbocycles. The molecular weight excluding hydrogens is 346 g/mol. The average molecular weight is 362 g/mol. The van der Waals surface area contributed by atoms with E-state index < -0.39 is 5.91 Å². The first kappa shape index (κ1) is 16.5. The molecule has 5 N–H and O–H groups in total. The zero-order valence-corrected chi connectivity index (χ0v) is 14.7. The van der Waals surface area contributed by atoms with Crippen molar-refractivity contribution in [2.24, 2.45) is 5.73 Å². The van der Waals surface area contributed by atoms with Crippen molar-refractivity contribution in [3.63, 3.8) is 0 Å². The van der Waals surface area contributed by atoms with Gasteiger partial charge < -0.3 is 16.8 Å². The Hall–Kier alpha value is -2.31. The van der Waals surface area contributed by atoms with Crippen LogP contribution < -0.4 is 16.8 Å². The number of nitrogen functional groups attached to an aromatic ring is 1. The van der Waals surface area contributed by atoms with Gasteiger partial charge in [-0.05, 0) is 31.5 Å². The zero-order valence-electron chi connectivity index (χ0n) is 13.1. The molecule has 0 saturated carbocycles. The van der Waals surface area contributed by atoms with Gasteiger partial charge in [-0.15, -0.1) is 11.3 Å². The Bertz CT molecular complexity index is 884. The number of carbonyl (C=O) groups is 2. The fourth-order valence-electron chi connectivity index (χ4n) is 3.07. The molecule has 1 atom stereocenters. The second-order valence-electron chi connectivity index (χ2n) is 5.66. The number of amides is 1. The molecule has 0 fully saturated rings. The summed E-state index contributed by atoms with van der Waals surface area (Å²) in [5.41, 5.74) is 14.9. The van der Waals surface area contributed by atoms with E-state index in [1.165, 1.54) is 18.3 Å². The van der Waals surface area contributed by atoms with Crippen LogP contribution in [-0.2, 0) is 4.79 Å². The lowest BCUT2D eigenvalue weighted by molar-refractivity contribution is -0.113. The van der Waals surface area contributed by atoms with Gasteiger partial charge in [-0.2, -0.15) is 0 Å². The number of thiophene rings is 1. The molecule has 1 aliphatic rings. The van der Waals surface area contributed by atoms with Gasteiger partial charge in [0.05, 0.1) is 10.7 Å². The van der Waals surface area contributed by atoms with Gasteiger partial charge in [0.1, 0.15) is 4.88 Å². The highest BCUT2D eigenvalue weighted by Crippen LogP contribution is 2.49. The molecule has 0 spiro atoms. The Morgan fingerprint density at radius 1 is 1.25 bits per heavy atom.